The first-order valence-corrected chi connectivity index (χ1v) is 7.14. The molecular weight excluding hydrogens is 301 g/mol. The minimum absolute atomic E-state index is 0.125. The molecule has 0 unspecified atom stereocenters. The van der Waals surface area contributed by atoms with E-state index in [4.69, 9.17) is 11.6 Å². The first-order chi connectivity index (χ1) is 9.75. The molecule has 2 bridgehead atoms. The van der Waals surface area contributed by atoms with Crippen molar-refractivity contribution >= 4 is 22.5 Å². The Kier molecular flexibility index (Phi) is 2.34. The maximum absolute atomic E-state index is 13.0. The summed E-state index contributed by atoms with van der Waals surface area (Å²) in [6.45, 7) is 1.87. The lowest BCUT2D eigenvalue weighted by atomic mass is 9.33. The molecule has 2 heterocycles. The predicted octanol–water partition coefficient (Wildman–Crippen LogP) is 4.58. The van der Waals surface area contributed by atoms with Crippen LogP contribution >= 0.6 is 11.6 Å². The summed E-state index contributed by atoms with van der Waals surface area (Å²) < 4.78 is 39.0. The van der Waals surface area contributed by atoms with Crippen LogP contribution in [0.4, 0.5) is 13.2 Å². The van der Waals surface area contributed by atoms with Crippen molar-refractivity contribution in [2.45, 2.75) is 37.8 Å². The molecule has 0 aliphatic heterocycles. The summed E-state index contributed by atoms with van der Waals surface area (Å²) in [5.74, 6) is 0. The molecule has 0 radical (unpaired) electrons. The van der Waals surface area contributed by atoms with Crippen molar-refractivity contribution in [2.24, 2.45) is 5.41 Å². The molecule has 3 saturated carbocycles. The normalized spacial score (nSPS) is 30.9. The van der Waals surface area contributed by atoms with Crippen molar-refractivity contribution < 1.29 is 13.2 Å². The Hall–Kier alpha value is -1.36. The molecule has 5 rings (SSSR count). The van der Waals surface area contributed by atoms with Crippen molar-refractivity contribution in [1.29, 1.82) is 0 Å². The van der Waals surface area contributed by atoms with Crippen LogP contribution in [0.3, 0.4) is 0 Å². The minimum atomic E-state index is -4.11. The van der Waals surface area contributed by atoms with Gasteiger partial charge >= 0.3 is 6.18 Å². The van der Waals surface area contributed by atoms with E-state index >= 15 is 0 Å². The summed E-state index contributed by atoms with van der Waals surface area (Å²) in [5, 5.41) is 1.11. The van der Waals surface area contributed by atoms with Gasteiger partial charge in [-0.2, -0.15) is 13.2 Å². The number of hydrogen-bond donors (Lipinski definition) is 0. The van der Waals surface area contributed by atoms with Gasteiger partial charge in [0.1, 0.15) is 5.15 Å². The maximum Gasteiger partial charge on any atom is 0.394 e. The van der Waals surface area contributed by atoms with E-state index in [1.807, 2.05) is 19.1 Å². The molecule has 0 saturated heterocycles. The average Bonchev–Trinajstić information content (AvgIpc) is 2.21. The topological polar surface area (TPSA) is 25.8 Å². The molecule has 3 fully saturated rings. The smallest absolute Gasteiger partial charge is 0.253 e. The third kappa shape index (κ3) is 1.61. The highest BCUT2D eigenvalue weighted by Crippen LogP contribution is 2.78. The molecule has 6 heteroatoms. The van der Waals surface area contributed by atoms with Crippen molar-refractivity contribution in [3.63, 3.8) is 0 Å². The molecular formula is C15H12ClF3N2. The van der Waals surface area contributed by atoms with Gasteiger partial charge in [0.05, 0.1) is 16.6 Å². The molecule has 3 aliphatic rings. The van der Waals surface area contributed by atoms with E-state index in [-0.39, 0.29) is 19.3 Å². The lowest BCUT2D eigenvalue weighted by Crippen LogP contribution is -2.70. The Morgan fingerprint density at radius 2 is 1.81 bits per heavy atom. The zero-order valence-corrected chi connectivity index (χ0v) is 12.0. The monoisotopic (exact) mass is 312 g/mol. The number of alkyl halides is 3. The number of fused-ring (bicyclic) bond motifs is 1. The van der Waals surface area contributed by atoms with Crippen LogP contribution in [0.5, 0.6) is 0 Å². The molecule has 0 amide bonds. The van der Waals surface area contributed by atoms with Crippen LogP contribution < -0.4 is 0 Å². The fourth-order valence-corrected chi connectivity index (χ4v) is 4.13. The van der Waals surface area contributed by atoms with E-state index in [0.29, 0.717) is 16.4 Å². The fraction of sp³-hybridized carbons (Fsp3) is 0.467. The molecule has 2 aromatic rings. The first kappa shape index (κ1) is 13.3. The highest BCUT2D eigenvalue weighted by molar-refractivity contribution is 6.30. The van der Waals surface area contributed by atoms with Gasteiger partial charge in [-0.25, -0.2) is 4.98 Å². The third-order valence-electron chi connectivity index (χ3n) is 4.93. The fourth-order valence-electron chi connectivity index (χ4n) is 3.94. The van der Waals surface area contributed by atoms with Crippen LogP contribution in [0.25, 0.3) is 10.9 Å². The second kappa shape index (κ2) is 3.69. The van der Waals surface area contributed by atoms with Crippen LogP contribution in [-0.2, 0) is 5.41 Å². The van der Waals surface area contributed by atoms with Crippen LogP contribution in [0.15, 0.2) is 18.2 Å². The second-order valence-corrected chi connectivity index (χ2v) is 6.79. The lowest BCUT2D eigenvalue weighted by Gasteiger charge is -2.70. The van der Waals surface area contributed by atoms with E-state index in [1.54, 1.807) is 6.07 Å². The Morgan fingerprint density at radius 1 is 1.14 bits per heavy atom. The Labute approximate surface area is 124 Å². The van der Waals surface area contributed by atoms with Gasteiger partial charge in [0, 0.05) is 22.6 Å². The van der Waals surface area contributed by atoms with Crippen molar-refractivity contribution in [2.75, 3.05) is 0 Å². The van der Waals surface area contributed by atoms with Gasteiger partial charge in [-0.1, -0.05) is 11.6 Å². The van der Waals surface area contributed by atoms with E-state index in [9.17, 15) is 13.2 Å². The SMILES string of the molecule is Cc1ccc2c(C34CC(C(F)(F)F)(C3)C4)nc(Cl)cc2n1. The summed E-state index contributed by atoms with van der Waals surface area (Å²) in [6.07, 6.45) is -3.74. The third-order valence-corrected chi connectivity index (χ3v) is 5.12. The molecule has 0 aromatic carbocycles. The second-order valence-electron chi connectivity index (χ2n) is 6.40. The van der Waals surface area contributed by atoms with Gasteiger partial charge in [0.25, 0.3) is 0 Å². The Morgan fingerprint density at radius 3 is 2.43 bits per heavy atom. The number of hydrogen-bond acceptors (Lipinski definition) is 2. The van der Waals surface area contributed by atoms with Gasteiger partial charge < -0.3 is 0 Å². The van der Waals surface area contributed by atoms with Gasteiger partial charge in [0.15, 0.2) is 0 Å². The highest BCUT2D eigenvalue weighted by Gasteiger charge is 2.79. The van der Waals surface area contributed by atoms with Crippen LogP contribution in [0, 0.1) is 12.3 Å². The summed E-state index contributed by atoms with van der Waals surface area (Å²) in [5.41, 5.74) is 0.288. The quantitative estimate of drug-likeness (QED) is 0.721. The zero-order chi connectivity index (χ0) is 15.0. The van der Waals surface area contributed by atoms with Crippen LogP contribution in [0.1, 0.15) is 30.7 Å². The van der Waals surface area contributed by atoms with Gasteiger partial charge in [-0.15, -0.1) is 0 Å². The van der Waals surface area contributed by atoms with Crippen molar-refractivity contribution in [3.8, 4) is 0 Å². The molecule has 110 valence electrons. The van der Waals surface area contributed by atoms with Crippen LogP contribution in [-0.4, -0.2) is 16.1 Å². The molecule has 0 atom stereocenters. The number of aromatic nitrogens is 2. The van der Waals surface area contributed by atoms with E-state index in [0.717, 1.165) is 11.1 Å². The molecule has 0 N–H and O–H groups in total. The van der Waals surface area contributed by atoms with Gasteiger partial charge in [0.2, 0.25) is 0 Å². The largest absolute Gasteiger partial charge is 0.394 e. The number of aryl methyl sites for hydroxylation is 1. The van der Waals surface area contributed by atoms with Crippen molar-refractivity contribution in [1.82, 2.24) is 9.97 Å². The minimum Gasteiger partial charge on any atom is -0.253 e. The average molecular weight is 313 g/mol. The molecule has 2 nitrogen and oxygen atoms in total. The van der Waals surface area contributed by atoms with E-state index in [2.05, 4.69) is 9.97 Å². The number of pyridine rings is 2. The van der Waals surface area contributed by atoms with Crippen LogP contribution in [0.2, 0.25) is 5.15 Å². The molecule has 2 aromatic heterocycles. The molecule has 21 heavy (non-hydrogen) atoms. The summed E-state index contributed by atoms with van der Waals surface area (Å²) in [7, 11) is 0. The zero-order valence-electron chi connectivity index (χ0n) is 11.3. The van der Waals surface area contributed by atoms with E-state index < -0.39 is 17.0 Å². The summed E-state index contributed by atoms with van der Waals surface area (Å²) in [4.78, 5) is 8.74. The molecule has 3 aliphatic carbocycles. The van der Waals surface area contributed by atoms with Gasteiger partial charge in [-0.05, 0) is 38.3 Å². The highest BCUT2D eigenvalue weighted by atomic mass is 35.5. The Bertz CT molecular complexity index is 744. The van der Waals surface area contributed by atoms with E-state index in [1.165, 1.54) is 0 Å². The molecule has 0 spiro atoms. The summed E-state index contributed by atoms with van der Waals surface area (Å²) in [6, 6.07) is 5.40. The Balaban J connectivity index is 1.80. The van der Waals surface area contributed by atoms with Gasteiger partial charge in [-0.3, -0.25) is 4.98 Å². The number of halogens is 4. The lowest BCUT2D eigenvalue weighted by molar-refractivity contribution is -0.337. The summed E-state index contributed by atoms with van der Waals surface area (Å²) >= 11 is 6.03. The predicted molar refractivity (Wildman–Crippen MR) is 73.3 cm³/mol. The first-order valence-electron chi connectivity index (χ1n) is 6.76. The number of nitrogens with zero attached hydrogens (tertiary/aromatic N) is 2. The number of rotatable bonds is 1. The van der Waals surface area contributed by atoms with Crippen molar-refractivity contribution in [3.05, 3.63) is 34.7 Å². The maximum atomic E-state index is 13.0. The standard InChI is InChI=1S/C15H12ClF3N2/c1-8-2-3-9-10(20-8)4-11(16)21-12(9)13-5-14(6-13,7-13)15(17,18)19/h2-4H,5-7H2,1H3.